The van der Waals surface area contributed by atoms with Crippen LogP contribution in [0.15, 0.2) is 84.9 Å². The van der Waals surface area contributed by atoms with Crippen LogP contribution in [0.3, 0.4) is 0 Å². The summed E-state index contributed by atoms with van der Waals surface area (Å²) in [6.45, 7) is 4.40. The van der Waals surface area contributed by atoms with E-state index >= 15 is 0 Å². The van der Waals surface area contributed by atoms with Crippen LogP contribution in [-0.4, -0.2) is 14.8 Å². The Morgan fingerprint density at radius 2 is 1.31 bits per heavy atom. The zero-order valence-corrected chi connectivity index (χ0v) is 15.0. The molecule has 4 aromatic rings. The molecule has 0 fully saturated rings. The van der Waals surface area contributed by atoms with Crippen LogP contribution in [0.1, 0.15) is 25.3 Å². The summed E-state index contributed by atoms with van der Waals surface area (Å²) in [5.41, 5.74) is 4.40. The van der Waals surface area contributed by atoms with Crippen molar-refractivity contribution in [2.75, 3.05) is 0 Å². The summed E-state index contributed by atoms with van der Waals surface area (Å²) < 4.78 is 1.92. The van der Waals surface area contributed by atoms with Crippen molar-refractivity contribution < 1.29 is 0 Å². The Hall–Kier alpha value is -3.20. The standard InChI is InChI=1S/C23H21N3/c1-17(2)18-13-15-19(16-14-18)22-24-23(20-9-5-3-6-10-20)26(25-22)21-11-7-4-8-12-21/h3-17H,1-2H3. The first-order chi connectivity index (χ1) is 12.7. The smallest absolute Gasteiger partial charge is 0.182 e. The van der Waals surface area contributed by atoms with Crippen molar-refractivity contribution in [1.29, 1.82) is 0 Å². The van der Waals surface area contributed by atoms with Gasteiger partial charge in [-0.15, -0.1) is 5.10 Å². The van der Waals surface area contributed by atoms with E-state index in [0.29, 0.717) is 5.92 Å². The molecule has 1 heterocycles. The van der Waals surface area contributed by atoms with Crippen LogP contribution in [0.2, 0.25) is 0 Å². The quantitative estimate of drug-likeness (QED) is 0.476. The van der Waals surface area contributed by atoms with Gasteiger partial charge in [0.25, 0.3) is 0 Å². The molecular formula is C23H21N3. The maximum Gasteiger partial charge on any atom is 0.182 e. The van der Waals surface area contributed by atoms with Crippen molar-refractivity contribution in [2.24, 2.45) is 0 Å². The van der Waals surface area contributed by atoms with E-state index in [2.05, 4.69) is 50.2 Å². The molecule has 0 bridgehead atoms. The average Bonchev–Trinajstić information content (AvgIpc) is 3.15. The summed E-state index contributed by atoms with van der Waals surface area (Å²) in [5.74, 6) is 2.10. The molecule has 3 nitrogen and oxygen atoms in total. The maximum atomic E-state index is 4.85. The number of hydrogen-bond donors (Lipinski definition) is 0. The van der Waals surface area contributed by atoms with Crippen LogP contribution in [0.25, 0.3) is 28.5 Å². The van der Waals surface area contributed by atoms with Crippen LogP contribution in [-0.2, 0) is 0 Å². The predicted octanol–water partition coefficient (Wildman–Crippen LogP) is 5.72. The van der Waals surface area contributed by atoms with E-state index in [9.17, 15) is 0 Å². The highest BCUT2D eigenvalue weighted by atomic mass is 15.4. The molecule has 3 heteroatoms. The van der Waals surface area contributed by atoms with Gasteiger partial charge in [0, 0.05) is 11.1 Å². The van der Waals surface area contributed by atoms with Gasteiger partial charge in [0.1, 0.15) is 0 Å². The van der Waals surface area contributed by atoms with Crippen molar-refractivity contribution >= 4 is 0 Å². The van der Waals surface area contributed by atoms with E-state index in [1.54, 1.807) is 0 Å². The van der Waals surface area contributed by atoms with Crippen molar-refractivity contribution in [2.45, 2.75) is 19.8 Å². The van der Waals surface area contributed by atoms with E-state index in [1.807, 2.05) is 53.2 Å². The average molecular weight is 339 g/mol. The van der Waals surface area contributed by atoms with Crippen molar-refractivity contribution in [3.63, 3.8) is 0 Å². The molecule has 0 radical (unpaired) electrons. The molecule has 0 amide bonds. The highest BCUT2D eigenvalue weighted by Crippen LogP contribution is 2.26. The minimum absolute atomic E-state index is 0.513. The highest BCUT2D eigenvalue weighted by Gasteiger charge is 2.14. The highest BCUT2D eigenvalue weighted by molar-refractivity contribution is 5.64. The first kappa shape index (κ1) is 16.3. The van der Waals surface area contributed by atoms with Gasteiger partial charge in [-0.25, -0.2) is 9.67 Å². The fourth-order valence-electron chi connectivity index (χ4n) is 2.97. The van der Waals surface area contributed by atoms with Crippen LogP contribution in [0.5, 0.6) is 0 Å². The lowest BCUT2D eigenvalue weighted by Crippen LogP contribution is -1.99. The topological polar surface area (TPSA) is 30.7 Å². The first-order valence-electron chi connectivity index (χ1n) is 8.90. The Balaban J connectivity index is 1.83. The SMILES string of the molecule is CC(C)c1ccc(-c2nc(-c3ccccc3)n(-c3ccccc3)n2)cc1. The Morgan fingerprint density at radius 1 is 0.692 bits per heavy atom. The summed E-state index contributed by atoms with van der Waals surface area (Å²) in [6.07, 6.45) is 0. The summed E-state index contributed by atoms with van der Waals surface area (Å²) in [6, 6.07) is 28.9. The van der Waals surface area contributed by atoms with E-state index in [4.69, 9.17) is 10.1 Å². The van der Waals surface area contributed by atoms with Crippen LogP contribution >= 0.6 is 0 Å². The molecule has 0 unspecified atom stereocenters. The summed E-state index contributed by atoms with van der Waals surface area (Å²) >= 11 is 0. The zero-order chi connectivity index (χ0) is 17.9. The lowest BCUT2D eigenvalue weighted by molar-refractivity contribution is 0.866. The number of para-hydroxylation sites is 1. The molecule has 0 saturated heterocycles. The second kappa shape index (κ2) is 6.96. The molecule has 0 saturated carbocycles. The van der Waals surface area contributed by atoms with Gasteiger partial charge in [0.15, 0.2) is 11.6 Å². The van der Waals surface area contributed by atoms with Crippen LogP contribution in [0, 0.1) is 0 Å². The van der Waals surface area contributed by atoms with Crippen LogP contribution < -0.4 is 0 Å². The molecule has 0 aliphatic carbocycles. The lowest BCUT2D eigenvalue weighted by atomic mass is 10.0. The first-order valence-corrected chi connectivity index (χ1v) is 8.90. The predicted molar refractivity (Wildman–Crippen MR) is 106 cm³/mol. The van der Waals surface area contributed by atoms with Crippen molar-refractivity contribution in [3.8, 4) is 28.5 Å². The third-order valence-electron chi connectivity index (χ3n) is 4.48. The second-order valence-corrected chi connectivity index (χ2v) is 6.65. The summed E-state index contributed by atoms with van der Waals surface area (Å²) in [5, 5.41) is 4.81. The normalized spacial score (nSPS) is 11.0. The Bertz CT molecular complexity index is 928. The molecule has 1 aromatic heterocycles. The molecule has 4 rings (SSSR count). The van der Waals surface area contributed by atoms with E-state index < -0.39 is 0 Å². The van der Waals surface area contributed by atoms with E-state index in [0.717, 1.165) is 28.5 Å². The van der Waals surface area contributed by atoms with Crippen molar-refractivity contribution in [3.05, 3.63) is 90.5 Å². The molecule has 0 atom stereocenters. The number of aromatic nitrogens is 3. The van der Waals surface area contributed by atoms with Crippen LogP contribution in [0.4, 0.5) is 0 Å². The molecule has 0 aliphatic heterocycles. The number of benzene rings is 3. The number of nitrogens with zero attached hydrogens (tertiary/aromatic N) is 3. The molecule has 128 valence electrons. The third-order valence-corrected chi connectivity index (χ3v) is 4.48. The molecule has 0 aliphatic rings. The summed E-state index contributed by atoms with van der Waals surface area (Å²) in [7, 11) is 0. The summed E-state index contributed by atoms with van der Waals surface area (Å²) in [4.78, 5) is 4.85. The molecule has 3 aromatic carbocycles. The van der Waals surface area contributed by atoms with Gasteiger partial charge in [-0.3, -0.25) is 0 Å². The van der Waals surface area contributed by atoms with E-state index in [-0.39, 0.29) is 0 Å². The number of hydrogen-bond acceptors (Lipinski definition) is 2. The van der Waals surface area contributed by atoms with Gasteiger partial charge in [-0.05, 0) is 23.6 Å². The van der Waals surface area contributed by atoms with Crippen molar-refractivity contribution in [1.82, 2.24) is 14.8 Å². The van der Waals surface area contributed by atoms with Gasteiger partial charge in [-0.2, -0.15) is 0 Å². The van der Waals surface area contributed by atoms with E-state index in [1.165, 1.54) is 5.56 Å². The fourth-order valence-corrected chi connectivity index (χ4v) is 2.97. The molecule has 26 heavy (non-hydrogen) atoms. The third kappa shape index (κ3) is 3.16. The largest absolute Gasteiger partial charge is 0.213 e. The molecule has 0 spiro atoms. The minimum Gasteiger partial charge on any atom is -0.213 e. The lowest BCUT2D eigenvalue weighted by Gasteiger charge is -2.05. The Kier molecular flexibility index (Phi) is 4.36. The zero-order valence-electron chi connectivity index (χ0n) is 15.0. The molecule has 0 N–H and O–H groups in total. The second-order valence-electron chi connectivity index (χ2n) is 6.65. The monoisotopic (exact) mass is 339 g/mol. The molecular weight excluding hydrogens is 318 g/mol. The fraction of sp³-hybridized carbons (Fsp3) is 0.130. The van der Waals surface area contributed by atoms with Gasteiger partial charge in [0.2, 0.25) is 0 Å². The minimum atomic E-state index is 0.513. The van der Waals surface area contributed by atoms with Gasteiger partial charge < -0.3 is 0 Å². The maximum absolute atomic E-state index is 4.85. The van der Waals surface area contributed by atoms with Gasteiger partial charge in [0.05, 0.1) is 5.69 Å². The van der Waals surface area contributed by atoms with Gasteiger partial charge >= 0.3 is 0 Å². The van der Waals surface area contributed by atoms with Gasteiger partial charge in [-0.1, -0.05) is 86.6 Å². The Labute approximate surface area is 154 Å². The number of rotatable bonds is 4. The Morgan fingerprint density at radius 3 is 1.92 bits per heavy atom.